The molecule has 66 valence electrons. The standard InChI is InChI=1S/C7H10F4/c1-3-5(4-2)6(8,9)7(5,10)11/h3-4H2,1-2H3. The third kappa shape index (κ3) is 0.614. The van der Waals surface area contributed by atoms with Crippen LogP contribution in [-0.2, 0) is 0 Å². The fourth-order valence-electron chi connectivity index (χ4n) is 1.66. The molecule has 1 rings (SSSR count). The normalized spacial score (nSPS) is 30.0. The Morgan fingerprint density at radius 3 is 1.09 bits per heavy atom. The fraction of sp³-hybridized carbons (Fsp3) is 1.00. The summed E-state index contributed by atoms with van der Waals surface area (Å²) in [5.74, 6) is -7.55. The van der Waals surface area contributed by atoms with Gasteiger partial charge in [0, 0.05) is 0 Å². The van der Waals surface area contributed by atoms with E-state index in [-0.39, 0.29) is 12.8 Å². The maximum Gasteiger partial charge on any atom is 0.322 e. The topological polar surface area (TPSA) is 0 Å². The van der Waals surface area contributed by atoms with Crippen LogP contribution in [0.5, 0.6) is 0 Å². The van der Waals surface area contributed by atoms with Gasteiger partial charge in [-0.15, -0.1) is 0 Å². The van der Waals surface area contributed by atoms with Crippen LogP contribution in [-0.4, -0.2) is 11.8 Å². The molecule has 1 aliphatic rings. The van der Waals surface area contributed by atoms with Crippen molar-refractivity contribution < 1.29 is 17.6 Å². The number of hydrogen-bond donors (Lipinski definition) is 0. The molecule has 0 heterocycles. The van der Waals surface area contributed by atoms with Crippen LogP contribution in [0.15, 0.2) is 0 Å². The van der Waals surface area contributed by atoms with Gasteiger partial charge in [0.15, 0.2) is 0 Å². The summed E-state index contributed by atoms with van der Waals surface area (Å²) >= 11 is 0. The number of halogens is 4. The van der Waals surface area contributed by atoms with E-state index in [9.17, 15) is 17.6 Å². The highest BCUT2D eigenvalue weighted by atomic mass is 19.3. The molecule has 0 amide bonds. The van der Waals surface area contributed by atoms with E-state index in [1.165, 1.54) is 13.8 Å². The Kier molecular flexibility index (Phi) is 1.52. The number of rotatable bonds is 2. The first-order chi connectivity index (χ1) is 4.87. The average Bonchev–Trinajstić information content (AvgIpc) is 2.22. The van der Waals surface area contributed by atoms with Gasteiger partial charge in [0.05, 0.1) is 0 Å². The zero-order valence-electron chi connectivity index (χ0n) is 6.43. The first kappa shape index (κ1) is 8.81. The van der Waals surface area contributed by atoms with Crippen molar-refractivity contribution in [2.24, 2.45) is 5.41 Å². The van der Waals surface area contributed by atoms with Crippen LogP contribution in [0.3, 0.4) is 0 Å². The van der Waals surface area contributed by atoms with Crippen LogP contribution in [0.4, 0.5) is 17.6 Å². The highest BCUT2D eigenvalue weighted by Gasteiger charge is 2.93. The number of hydrogen-bond acceptors (Lipinski definition) is 0. The highest BCUT2D eigenvalue weighted by molar-refractivity contribution is 5.24. The van der Waals surface area contributed by atoms with E-state index < -0.39 is 17.3 Å². The van der Waals surface area contributed by atoms with Crippen LogP contribution < -0.4 is 0 Å². The summed E-state index contributed by atoms with van der Waals surface area (Å²) in [6.45, 7) is 2.75. The summed E-state index contributed by atoms with van der Waals surface area (Å²) in [5, 5.41) is 0. The van der Waals surface area contributed by atoms with Crippen molar-refractivity contribution in [1.82, 2.24) is 0 Å². The highest BCUT2D eigenvalue weighted by Crippen LogP contribution is 2.75. The summed E-state index contributed by atoms with van der Waals surface area (Å²) in [6.07, 6.45) is -0.326. The Morgan fingerprint density at radius 1 is 0.818 bits per heavy atom. The zero-order valence-corrected chi connectivity index (χ0v) is 6.43. The molecule has 0 aromatic carbocycles. The van der Waals surface area contributed by atoms with E-state index in [2.05, 4.69) is 0 Å². The molecular formula is C7H10F4. The summed E-state index contributed by atoms with van der Waals surface area (Å²) in [5.41, 5.74) is -2.04. The minimum absolute atomic E-state index is 0.163. The molecule has 1 saturated carbocycles. The van der Waals surface area contributed by atoms with Crippen molar-refractivity contribution in [2.75, 3.05) is 0 Å². The lowest BCUT2D eigenvalue weighted by Crippen LogP contribution is -2.08. The van der Waals surface area contributed by atoms with Gasteiger partial charge in [-0.05, 0) is 12.8 Å². The first-order valence-electron chi connectivity index (χ1n) is 3.63. The molecule has 0 aliphatic heterocycles. The Bertz CT molecular complexity index is 153. The first-order valence-corrected chi connectivity index (χ1v) is 3.63. The third-order valence-electron chi connectivity index (χ3n) is 2.74. The van der Waals surface area contributed by atoms with Crippen LogP contribution in [0.1, 0.15) is 26.7 Å². The van der Waals surface area contributed by atoms with Gasteiger partial charge in [0.1, 0.15) is 5.41 Å². The molecule has 1 aliphatic carbocycles. The summed E-state index contributed by atoms with van der Waals surface area (Å²) in [7, 11) is 0. The third-order valence-corrected chi connectivity index (χ3v) is 2.74. The maximum absolute atomic E-state index is 12.5. The van der Waals surface area contributed by atoms with Crippen molar-refractivity contribution in [2.45, 2.75) is 38.5 Å². The second kappa shape index (κ2) is 1.90. The molecule has 1 fully saturated rings. The molecular weight excluding hydrogens is 160 g/mol. The monoisotopic (exact) mass is 170 g/mol. The molecule has 0 N–H and O–H groups in total. The van der Waals surface area contributed by atoms with E-state index in [1.807, 2.05) is 0 Å². The van der Waals surface area contributed by atoms with E-state index in [0.29, 0.717) is 0 Å². The van der Waals surface area contributed by atoms with Crippen LogP contribution >= 0.6 is 0 Å². The van der Waals surface area contributed by atoms with Gasteiger partial charge in [-0.2, -0.15) is 17.6 Å². The van der Waals surface area contributed by atoms with Gasteiger partial charge in [0.2, 0.25) is 0 Å². The largest absolute Gasteiger partial charge is 0.322 e. The summed E-state index contributed by atoms with van der Waals surface area (Å²) in [6, 6.07) is 0. The minimum atomic E-state index is -3.77. The van der Waals surface area contributed by atoms with Crippen LogP contribution in [0.2, 0.25) is 0 Å². The lowest BCUT2D eigenvalue weighted by atomic mass is 9.99. The van der Waals surface area contributed by atoms with E-state index in [0.717, 1.165) is 0 Å². The molecule has 0 atom stereocenters. The van der Waals surface area contributed by atoms with Crippen LogP contribution in [0, 0.1) is 5.41 Å². The molecule has 4 heteroatoms. The molecule has 0 radical (unpaired) electrons. The van der Waals surface area contributed by atoms with Crippen molar-refractivity contribution in [1.29, 1.82) is 0 Å². The predicted molar refractivity (Wildman–Crippen MR) is 32.9 cm³/mol. The van der Waals surface area contributed by atoms with Crippen molar-refractivity contribution in [3.05, 3.63) is 0 Å². The molecule has 0 saturated heterocycles. The van der Waals surface area contributed by atoms with Gasteiger partial charge < -0.3 is 0 Å². The van der Waals surface area contributed by atoms with E-state index >= 15 is 0 Å². The second-order valence-electron chi connectivity index (χ2n) is 2.94. The molecule has 0 aromatic heterocycles. The lowest BCUT2D eigenvalue weighted by Gasteiger charge is -2.06. The molecule has 0 bridgehead atoms. The van der Waals surface area contributed by atoms with Gasteiger partial charge in [-0.1, -0.05) is 13.8 Å². The fourth-order valence-corrected chi connectivity index (χ4v) is 1.66. The zero-order chi connectivity index (χ0) is 8.91. The molecule has 0 aromatic rings. The van der Waals surface area contributed by atoms with Crippen molar-refractivity contribution >= 4 is 0 Å². The number of alkyl halides is 4. The Hall–Kier alpha value is -0.280. The molecule has 0 spiro atoms. The Morgan fingerprint density at radius 2 is 1.09 bits per heavy atom. The maximum atomic E-state index is 12.5. The van der Waals surface area contributed by atoms with E-state index in [4.69, 9.17) is 0 Å². The lowest BCUT2D eigenvalue weighted by molar-refractivity contribution is -0.0278. The summed E-state index contributed by atoms with van der Waals surface area (Å²) in [4.78, 5) is 0. The van der Waals surface area contributed by atoms with Crippen LogP contribution in [0.25, 0.3) is 0 Å². The van der Waals surface area contributed by atoms with Crippen molar-refractivity contribution in [3.8, 4) is 0 Å². The molecule has 11 heavy (non-hydrogen) atoms. The Labute approximate surface area is 62.6 Å². The smallest absolute Gasteiger partial charge is 0.199 e. The van der Waals surface area contributed by atoms with Gasteiger partial charge >= 0.3 is 11.8 Å². The van der Waals surface area contributed by atoms with Gasteiger partial charge in [-0.25, -0.2) is 0 Å². The molecule has 0 nitrogen and oxygen atoms in total. The SMILES string of the molecule is CCC1(CC)C(F)(F)C1(F)F. The van der Waals surface area contributed by atoms with E-state index in [1.54, 1.807) is 0 Å². The molecule has 0 unspecified atom stereocenters. The Balaban J connectivity index is 2.93. The average molecular weight is 170 g/mol. The summed E-state index contributed by atoms with van der Waals surface area (Å²) < 4.78 is 49.9. The second-order valence-corrected chi connectivity index (χ2v) is 2.94. The van der Waals surface area contributed by atoms with Gasteiger partial charge in [0.25, 0.3) is 0 Å². The minimum Gasteiger partial charge on any atom is -0.199 e. The quantitative estimate of drug-likeness (QED) is 0.558. The van der Waals surface area contributed by atoms with Crippen molar-refractivity contribution in [3.63, 3.8) is 0 Å². The van der Waals surface area contributed by atoms with Gasteiger partial charge in [-0.3, -0.25) is 0 Å². The predicted octanol–water partition coefficient (Wildman–Crippen LogP) is 3.08.